The molecule has 0 bridgehead atoms. The molecule has 2 aliphatic rings. The SMILES string of the molecule is CN(CC1(O)CCOCC1)C1CCC(=O)CC1. The van der Waals surface area contributed by atoms with Crippen LogP contribution in [0.1, 0.15) is 38.5 Å². The standard InChI is InChI=1S/C13H23NO3/c1-14(11-2-4-12(15)5-3-11)10-13(16)6-8-17-9-7-13/h11,16H,2-10H2,1H3. The Hall–Kier alpha value is -0.450. The predicted molar refractivity (Wildman–Crippen MR) is 64.9 cm³/mol. The van der Waals surface area contributed by atoms with E-state index in [4.69, 9.17) is 4.74 Å². The number of carbonyl (C=O) groups excluding carboxylic acids is 1. The van der Waals surface area contributed by atoms with Crippen LogP contribution in [0.25, 0.3) is 0 Å². The third-order valence-electron chi connectivity index (χ3n) is 4.10. The lowest BCUT2D eigenvalue weighted by Crippen LogP contribution is -2.49. The summed E-state index contributed by atoms with van der Waals surface area (Å²) < 4.78 is 5.28. The van der Waals surface area contributed by atoms with Crippen molar-refractivity contribution < 1.29 is 14.6 Å². The maximum absolute atomic E-state index is 11.2. The fourth-order valence-electron chi connectivity index (χ4n) is 2.87. The first-order chi connectivity index (χ1) is 8.09. The highest BCUT2D eigenvalue weighted by Gasteiger charge is 2.33. The molecule has 1 N–H and O–H groups in total. The van der Waals surface area contributed by atoms with Gasteiger partial charge in [0.15, 0.2) is 0 Å². The van der Waals surface area contributed by atoms with E-state index in [0.717, 1.165) is 25.7 Å². The van der Waals surface area contributed by atoms with Crippen molar-refractivity contribution in [2.45, 2.75) is 50.2 Å². The van der Waals surface area contributed by atoms with Crippen molar-refractivity contribution in [2.75, 3.05) is 26.8 Å². The summed E-state index contributed by atoms with van der Waals surface area (Å²) in [7, 11) is 2.06. The number of likely N-dealkylation sites (N-methyl/N-ethyl adjacent to an activating group) is 1. The molecule has 0 amide bonds. The summed E-state index contributed by atoms with van der Waals surface area (Å²) in [5, 5.41) is 10.4. The van der Waals surface area contributed by atoms with Gasteiger partial charge in [-0.1, -0.05) is 0 Å². The number of aliphatic hydroxyl groups is 1. The van der Waals surface area contributed by atoms with Crippen molar-refractivity contribution in [3.8, 4) is 0 Å². The van der Waals surface area contributed by atoms with E-state index in [1.165, 1.54) is 0 Å². The zero-order valence-corrected chi connectivity index (χ0v) is 10.7. The summed E-state index contributed by atoms with van der Waals surface area (Å²) in [6.45, 7) is 2.02. The minimum Gasteiger partial charge on any atom is -0.388 e. The van der Waals surface area contributed by atoms with Crippen molar-refractivity contribution in [2.24, 2.45) is 0 Å². The van der Waals surface area contributed by atoms with Crippen LogP contribution in [0.3, 0.4) is 0 Å². The maximum atomic E-state index is 11.2. The van der Waals surface area contributed by atoms with Gasteiger partial charge in [0.2, 0.25) is 0 Å². The molecule has 17 heavy (non-hydrogen) atoms. The Balaban J connectivity index is 1.83. The molecule has 0 unspecified atom stereocenters. The fraction of sp³-hybridized carbons (Fsp3) is 0.923. The average Bonchev–Trinajstić information content (AvgIpc) is 2.30. The summed E-state index contributed by atoms with van der Waals surface area (Å²) in [5.74, 6) is 0.388. The maximum Gasteiger partial charge on any atom is 0.133 e. The lowest BCUT2D eigenvalue weighted by atomic mass is 9.90. The van der Waals surface area contributed by atoms with Crippen molar-refractivity contribution in [3.63, 3.8) is 0 Å². The number of ketones is 1. The molecular formula is C13H23NO3. The molecule has 4 heteroatoms. The minimum atomic E-state index is -0.589. The molecule has 4 nitrogen and oxygen atoms in total. The molecular weight excluding hydrogens is 218 g/mol. The van der Waals surface area contributed by atoms with Crippen LogP contribution in [0, 0.1) is 0 Å². The summed E-state index contributed by atoms with van der Waals surface area (Å²) in [5.41, 5.74) is -0.589. The number of carbonyl (C=O) groups is 1. The van der Waals surface area contributed by atoms with Crippen molar-refractivity contribution in [3.05, 3.63) is 0 Å². The number of hydrogen-bond acceptors (Lipinski definition) is 4. The third-order valence-corrected chi connectivity index (χ3v) is 4.10. The van der Waals surface area contributed by atoms with Gasteiger partial charge in [-0.3, -0.25) is 4.79 Å². The number of hydrogen-bond donors (Lipinski definition) is 1. The molecule has 1 saturated heterocycles. The Morgan fingerprint density at radius 1 is 1.35 bits per heavy atom. The molecule has 1 aliphatic heterocycles. The van der Waals surface area contributed by atoms with Gasteiger partial charge in [0.05, 0.1) is 5.60 Å². The van der Waals surface area contributed by atoms with Crippen LogP contribution in [0.2, 0.25) is 0 Å². The van der Waals surface area contributed by atoms with E-state index in [-0.39, 0.29) is 0 Å². The van der Waals surface area contributed by atoms with Gasteiger partial charge in [0.1, 0.15) is 5.78 Å². The molecule has 0 aromatic carbocycles. The van der Waals surface area contributed by atoms with Crippen LogP contribution in [-0.4, -0.2) is 54.2 Å². The summed E-state index contributed by atoms with van der Waals surface area (Å²) >= 11 is 0. The Morgan fingerprint density at radius 3 is 2.53 bits per heavy atom. The fourth-order valence-corrected chi connectivity index (χ4v) is 2.87. The van der Waals surface area contributed by atoms with Gasteiger partial charge < -0.3 is 14.7 Å². The second-order valence-corrected chi connectivity index (χ2v) is 5.52. The molecule has 2 rings (SSSR count). The van der Waals surface area contributed by atoms with Gasteiger partial charge in [0.25, 0.3) is 0 Å². The van der Waals surface area contributed by atoms with Gasteiger partial charge >= 0.3 is 0 Å². The average molecular weight is 241 g/mol. The Labute approximate surface area is 103 Å². The number of Topliss-reactive ketones (excluding diaryl/α,β-unsaturated/α-hetero) is 1. The van der Waals surface area contributed by atoms with Gasteiger partial charge in [-0.25, -0.2) is 0 Å². The number of rotatable bonds is 3. The van der Waals surface area contributed by atoms with Crippen LogP contribution in [0.15, 0.2) is 0 Å². The Kier molecular flexibility index (Phi) is 4.17. The molecule has 0 atom stereocenters. The van der Waals surface area contributed by atoms with Gasteiger partial charge in [0, 0.05) is 51.5 Å². The second kappa shape index (κ2) is 5.46. The summed E-state index contributed by atoms with van der Waals surface area (Å²) in [6.07, 6.45) is 4.75. The van der Waals surface area contributed by atoms with Crippen LogP contribution in [0.4, 0.5) is 0 Å². The first-order valence-corrected chi connectivity index (χ1v) is 6.61. The van der Waals surface area contributed by atoms with Gasteiger partial charge in [-0.05, 0) is 19.9 Å². The monoisotopic (exact) mass is 241 g/mol. The molecule has 0 aromatic heterocycles. The molecule has 0 radical (unpaired) electrons. The highest BCUT2D eigenvalue weighted by Crippen LogP contribution is 2.25. The molecule has 98 valence electrons. The van der Waals surface area contributed by atoms with Crippen molar-refractivity contribution >= 4 is 5.78 Å². The van der Waals surface area contributed by atoms with Crippen LogP contribution >= 0.6 is 0 Å². The lowest BCUT2D eigenvalue weighted by molar-refractivity contribution is -0.121. The molecule has 0 aromatic rings. The van der Waals surface area contributed by atoms with E-state index in [9.17, 15) is 9.90 Å². The zero-order chi connectivity index (χ0) is 12.3. The highest BCUT2D eigenvalue weighted by atomic mass is 16.5. The summed E-state index contributed by atoms with van der Waals surface area (Å²) in [4.78, 5) is 13.4. The van der Waals surface area contributed by atoms with Gasteiger partial charge in [-0.2, -0.15) is 0 Å². The molecule has 0 spiro atoms. The third kappa shape index (κ3) is 3.50. The Bertz CT molecular complexity index is 264. The van der Waals surface area contributed by atoms with E-state index < -0.39 is 5.60 Å². The highest BCUT2D eigenvalue weighted by molar-refractivity contribution is 5.79. The van der Waals surface area contributed by atoms with Crippen LogP contribution < -0.4 is 0 Å². The first kappa shape index (κ1) is 13.0. The smallest absolute Gasteiger partial charge is 0.133 e. The topological polar surface area (TPSA) is 49.8 Å². The molecule has 2 fully saturated rings. The zero-order valence-electron chi connectivity index (χ0n) is 10.7. The predicted octanol–water partition coefficient (Wildman–Crippen LogP) is 0.971. The van der Waals surface area contributed by atoms with Crippen molar-refractivity contribution in [1.82, 2.24) is 4.90 Å². The molecule has 1 saturated carbocycles. The van der Waals surface area contributed by atoms with E-state index in [0.29, 0.717) is 44.4 Å². The van der Waals surface area contributed by atoms with Gasteiger partial charge in [-0.15, -0.1) is 0 Å². The van der Waals surface area contributed by atoms with E-state index in [1.54, 1.807) is 0 Å². The molecule has 1 heterocycles. The first-order valence-electron chi connectivity index (χ1n) is 6.61. The van der Waals surface area contributed by atoms with E-state index >= 15 is 0 Å². The van der Waals surface area contributed by atoms with Crippen LogP contribution in [0.5, 0.6) is 0 Å². The minimum absolute atomic E-state index is 0.388. The number of ether oxygens (including phenoxy) is 1. The largest absolute Gasteiger partial charge is 0.388 e. The molecule has 1 aliphatic carbocycles. The van der Waals surface area contributed by atoms with Crippen LogP contribution in [-0.2, 0) is 9.53 Å². The number of nitrogens with zero attached hydrogens (tertiary/aromatic N) is 1. The normalized spacial score (nSPS) is 26.4. The van der Waals surface area contributed by atoms with E-state index in [1.807, 2.05) is 0 Å². The quantitative estimate of drug-likeness (QED) is 0.800. The van der Waals surface area contributed by atoms with Crippen molar-refractivity contribution in [1.29, 1.82) is 0 Å². The lowest BCUT2D eigenvalue weighted by Gasteiger charge is -2.39. The summed E-state index contributed by atoms with van der Waals surface area (Å²) in [6, 6.07) is 0.458. The second-order valence-electron chi connectivity index (χ2n) is 5.52. The van der Waals surface area contributed by atoms with E-state index in [2.05, 4.69) is 11.9 Å². The Morgan fingerprint density at radius 2 is 1.94 bits per heavy atom.